The van der Waals surface area contributed by atoms with Crippen LogP contribution in [0.15, 0.2) is 40.5 Å². The minimum absolute atomic E-state index is 0.0358. The first kappa shape index (κ1) is 31.5. The Kier molecular flexibility index (Phi) is 10.4. The summed E-state index contributed by atoms with van der Waals surface area (Å²) in [6.07, 6.45) is 0.912. The molecule has 14 nitrogen and oxygen atoms in total. The van der Waals surface area contributed by atoms with Gasteiger partial charge in [-0.2, -0.15) is 4.99 Å². The van der Waals surface area contributed by atoms with Crippen LogP contribution < -0.4 is 16.4 Å². The standard InChI is InChI=1S/C27H39N7O7/c1-6-41-26(37)30-22-20(23(28)31-24(35)18-7-9-19(10-8-18)34(38)39)15-33(27(22,2)3)25(36)29-21(16-32(4)5)17-11-13-40-14-12-17/h7-10,17,21H,6,11-16H2,1-5H3,(H,29,36)(H,30,37)(H2,28,31,35)/t21-/m1/s1. The summed E-state index contributed by atoms with van der Waals surface area (Å²) < 4.78 is 10.6. The first-order chi connectivity index (χ1) is 19.3. The van der Waals surface area contributed by atoms with Crippen LogP contribution in [0.25, 0.3) is 0 Å². The van der Waals surface area contributed by atoms with Crippen molar-refractivity contribution in [3.8, 4) is 0 Å². The zero-order valence-corrected chi connectivity index (χ0v) is 24.1. The molecule has 14 heteroatoms. The van der Waals surface area contributed by atoms with E-state index in [2.05, 4.69) is 15.6 Å². The van der Waals surface area contributed by atoms with Gasteiger partial charge < -0.3 is 30.3 Å². The fourth-order valence-corrected chi connectivity index (χ4v) is 5.00. The molecule has 0 aliphatic carbocycles. The van der Waals surface area contributed by atoms with Crippen molar-refractivity contribution in [2.24, 2.45) is 16.6 Å². The van der Waals surface area contributed by atoms with Gasteiger partial charge in [-0.25, -0.2) is 9.59 Å². The van der Waals surface area contributed by atoms with Gasteiger partial charge in [0.15, 0.2) is 0 Å². The molecule has 0 aromatic heterocycles. The molecule has 0 spiro atoms. The number of rotatable bonds is 9. The number of nitrogens with one attached hydrogen (secondary N) is 2. The van der Waals surface area contributed by atoms with Crippen molar-refractivity contribution in [1.29, 1.82) is 0 Å². The maximum atomic E-state index is 13.7. The Morgan fingerprint density at radius 3 is 2.44 bits per heavy atom. The van der Waals surface area contributed by atoms with Crippen LogP contribution in [0.2, 0.25) is 0 Å². The number of carbonyl (C=O) groups is 3. The molecule has 0 bridgehead atoms. The Morgan fingerprint density at radius 2 is 1.88 bits per heavy atom. The summed E-state index contributed by atoms with van der Waals surface area (Å²) in [5.41, 5.74) is 5.72. The Morgan fingerprint density at radius 1 is 1.24 bits per heavy atom. The number of carbonyl (C=O) groups excluding carboxylic acids is 3. The summed E-state index contributed by atoms with van der Waals surface area (Å²) in [5.74, 6) is -0.694. The largest absolute Gasteiger partial charge is 0.450 e. The van der Waals surface area contributed by atoms with E-state index in [0.717, 1.165) is 12.8 Å². The first-order valence-electron chi connectivity index (χ1n) is 13.5. The third-order valence-corrected chi connectivity index (χ3v) is 7.21. The third kappa shape index (κ3) is 7.79. The van der Waals surface area contributed by atoms with E-state index in [1.54, 1.807) is 20.8 Å². The maximum Gasteiger partial charge on any atom is 0.411 e. The minimum Gasteiger partial charge on any atom is -0.450 e. The van der Waals surface area contributed by atoms with Gasteiger partial charge in [0.25, 0.3) is 11.6 Å². The topological polar surface area (TPSA) is 182 Å². The van der Waals surface area contributed by atoms with Gasteiger partial charge in [0, 0.05) is 49.1 Å². The summed E-state index contributed by atoms with van der Waals surface area (Å²) in [4.78, 5) is 57.0. The van der Waals surface area contributed by atoms with Crippen molar-refractivity contribution in [3.63, 3.8) is 0 Å². The quantitative estimate of drug-likeness (QED) is 0.173. The highest BCUT2D eigenvalue weighted by Gasteiger charge is 2.45. The second-order valence-corrected chi connectivity index (χ2v) is 10.7. The summed E-state index contributed by atoms with van der Waals surface area (Å²) >= 11 is 0. The Balaban J connectivity index is 1.90. The SMILES string of the molecule is CCOC(=O)NC1=C(C(N)=NC(=O)c2ccc([N+](=O)[O-])cc2)CN(C(=O)N[C@H](CN(C)C)C2CCOCC2)C1(C)C. The summed E-state index contributed by atoms with van der Waals surface area (Å²) in [6, 6.07) is 4.45. The van der Waals surface area contributed by atoms with Crippen molar-refractivity contribution < 1.29 is 28.8 Å². The monoisotopic (exact) mass is 573 g/mol. The molecule has 1 saturated heterocycles. The van der Waals surface area contributed by atoms with Gasteiger partial charge in [0.1, 0.15) is 5.84 Å². The van der Waals surface area contributed by atoms with E-state index in [1.165, 1.54) is 29.2 Å². The van der Waals surface area contributed by atoms with E-state index in [0.29, 0.717) is 19.8 Å². The van der Waals surface area contributed by atoms with E-state index in [1.807, 2.05) is 19.0 Å². The first-order valence-corrected chi connectivity index (χ1v) is 13.5. The molecule has 1 atom stereocenters. The number of hydrogen-bond acceptors (Lipinski definition) is 8. The van der Waals surface area contributed by atoms with E-state index in [-0.39, 0.29) is 59.5 Å². The van der Waals surface area contributed by atoms with Crippen LogP contribution in [0, 0.1) is 16.0 Å². The Hall–Kier alpha value is -4.04. The molecule has 2 aliphatic heterocycles. The van der Waals surface area contributed by atoms with Gasteiger partial charge in [-0.1, -0.05) is 0 Å². The molecule has 2 aliphatic rings. The highest BCUT2D eigenvalue weighted by Crippen LogP contribution is 2.34. The molecular formula is C27H39N7O7. The van der Waals surface area contributed by atoms with Crippen molar-refractivity contribution in [3.05, 3.63) is 51.2 Å². The minimum atomic E-state index is -1.05. The van der Waals surface area contributed by atoms with Crippen LogP contribution in [-0.4, -0.2) is 97.2 Å². The summed E-state index contributed by atoms with van der Waals surface area (Å²) in [6.45, 7) is 7.15. The highest BCUT2D eigenvalue weighted by molar-refractivity contribution is 6.10. The lowest BCUT2D eigenvalue weighted by Gasteiger charge is -2.38. The van der Waals surface area contributed by atoms with Gasteiger partial charge in [0.2, 0.25) is 0 Å². The van der Waals surface area contributed by atoms with E-state index in [9.17, 15) is 24.5 Å². The normalized spacial score (nSPS) is 18.3. The van der Waals surface area contributed by atoms with E-state index >= 15 is 0 Å². The van der Waals surface area contributed by atoms with E-state index < -0.39 is 22.5 Å². The number of ether oxygens (including phenoxy) is 2. The predicted octanol–water partition coefficient (Wildman–Crippen LogP) is 2.25. The van der Waals surface area contributed by atoms with Gasteiger partial charge in [-0.05, 0) is 65.8 Å². The lowest BCUT2D eigenvalue weighted by atomic mass is 9.91. The maximum absolute atomic E-state index is 13.7. The van der Waals surface area contributed by atoms with Crippen molar-refractivity contribution in [1.82, 2.24) is 20.4 Å². The zero-order chi connectivity index (χ0) is 30.3. The lowest BCUT2D eigenvalue weighted by molar-refractivity contribution is -0.384. The van der Waals surface area contributed by atoms with Crippen LogP contribution in [0.4, 0.5) is 15.3 Å². The van der Waals surface area contributed by atoms with Crippen molar-refractivity contribution in [2.45, 2.75) is 45.2 Å². The molecule has 41 heavy (non-hydrogen) atoms. The van der Waals surface area contributed by atoms with Gasteiger partial charge in [0.05, 0.1) is 29.3 Å². The fraction of sp³-hybridized carbons (Fsp3) is 0.556. The third-order valence-electron chi connectivity index (χ3n) is 7.21. The molecule has 1 aromatic rings. The second kappa shape index (κ2) is 13.5. The number of urea groups is 1. The molecule has 3 rings (SSSR count). The number of amidine groups is 1. The number of aliphatic imine (C=N–C) groups is 1. The number of nitrogens with zero attached hydrogens (tertiary/aromatic N) is 4. The van der Waals surface area contributed by atoms with Crippen molar-refractivity contribution in [2.75, 3.05) is 47.0 Å². The van der Waals surface area contributed by atoms with Gasteiger partial charge >= 0.3 is 12.1 Å². The molecule has 0 unspecified atom stereocenters. The number of hydrogen-bond donors (Lipinski definition) is 3. The number of non-ortho nitro benzene ring substituents is 1. The summed E-state index contributed by atoms with van der Waals surface area (Å²) in [7, 11) is 3.89. The molecule has 0 radical (unpaired) electrons. The number of nitrogens with two attached hydrogens (primary N) is 1. The highest BCUT2D eigenvalue weighted by atomic mass is 16.6. The lowest BCUT2D eigenvalue weighted by Crippen LogP contribution is -2.57. The zero-order valence-electron chi connectivity index (χ0n) is 24.1. The predicted molar refractivity (Wildman–Crippen MR) is 151 cm³/mol. The van der Waals surface area contributed by atoms with Gasteiger partial charge in [-0.3, -0.25) is 20.2 Å². The second-order valence-electron chi connectivity index (χ2n) is 10.7. The number of nitro benzene ring substituents is 1. The number of amides is 4. The fourth-order valence-electron chi connectivity index (χ4n) is 5.00. The molecule has 1 aromatic carbocycles. The molecule has 224 valence electrons. The molecular weight excluding hydrogens is 534 g/mol. The van der Waals surface area contributed by atoms with E-state index in [4.69, 9.17) is 15.2 Å². The molecule has 1 fully saturated rings. The number of nitro groups is 1. The average Bonchev–Trinajstić information content (AvgIpc) is 3.18. The van der Waals surface area contributed by atoms with Crippen LogP contribution in [0.3, 0.4) is 0 Å². The Labute approximate surface area is 239 Å². The average molecular weight is 574 g/mol. The van der Waals surface area contributed by atoms with Crippen LogP contribution in [-0.2, 0) is 9.47 Å². The molecule has 2 heterocycles. The summed E-state index contributed by atoms with van der Waals surface area (Å²) in [5, 5.41) is 16.8. The van der Waals surface area contributed by atoms with Crippen LogP contribution >= 0.6 is 0 Å². The smallest absolute Gasteiger partial charge is 0.411 e. The molecule has 0 saturated carbocycles. The molecule has 4 amide bonds. The number of benzene rings is 1. The van der Waals surface area contributed by atoms with Gasteiger partial charge in [-0.15, -0.1) is 0 Å². The Bertz CT molecular complexity index is 1200. The molecule has 4 N–H and O–H groups in total. The van der Waals surface area contributed by atoms with Crippen LogP contribution in [0.1, 0.15) is 44.0 Å². The van der Waals surface area contributed by atoms with Crippen molar-refractivity contribution >= 4 is 29.6 Å². The number of likely N-dealkylation sites (N-methyl/N-ethyl adjacent to an activating group) is 1. The van der Waals surface area contributed by atoms with Crippen LogP contribution in [0.5, 0.6) is 0 Å². The number of alkyl carbamates (subject to hydrolysis) is 1.